The summed E-state index contributed by atoms with van der Waals surface area (Å²) in [5.74, 6) is 0.0846. The van der Waals surface area contributed by atoms with Gasteiger partial charge in [0.1, 0.15) is 12.3 Å². The molecular weight excluding hydrogens is 386 g/mol. The van der Waals surface area contributed by atoms with Crippen LogP contribution < -0.4 is 19.8 Å². The SMILES string of the molecule is COc1ccc(-[n+]2noc([O-])c2CNc2nc3c([N+](=O)[O-])cccc3s2)cc1. The number of rotatable bonds is 6. The van der Waals surface area contributed by atoms with Crippen LogP contribution in [0.3, 0.4) is 0 Å². The molecule has 142 valence electrons. The average molecular weight is 399 g/mol. The molecule has 0 atom stereocenters. The number of nitro groups is 1. The molecule has 0 aliphatic heterocycles. The third kappa shape index (κ3) is 3.18. The molecule has 28 heavy (non-hydrogen) atoms. The van der Waals surface area contributed by atoms with Gasteiger partial charge in [-0.3, -0.25) is 10.1 Å². The van der Waals surface area contributed by atoms with Crippen LogP contribution in [0.2, 0.25) is 0 Å². The molecule has 0 spiro atoms. The van der Waals surface area contributed by atoms with Gasteiger partial charge in [-0.15, -0.1) is 0 Å². The molecule has 0 aliphatic carbocycles. The molecule has 0 saturated carbocycles. The lowest BCUT2D eigenvalue weighted by Crippen LogP contribution is -2.37. The van der Waals surface area contributed by atoms with Crippen molar-refractivity contribution in [2.24, 2.45) is 0 Å². The van der Waals surface area contributed by atoms with E-state index < -0.39 is 10.9 Å². The van der Waals surface area contributed by atoms with Crippen LogP contribution in [-0.4, -0.2) is 22.3 Å². The zero-order valence-corrected chi connectivity index (χ0v) is 15.3. The molecule has 11 heteroatoms. The van der Waals surface area contributed by atoms with Gasteiger partial charge in [-0.25, -0.2) is 4.98 Å². The van der Waals surface area contributed by atoms with E-state index in [-0.39, 0.29) is 17.9 Å². The Labute approximate surface area is 161 Å². The summed E-state index contributed by atoms with van der Waals surface area (Å²) in [4.78, 5) is 14.9. The standard InChI is InChI=1S/C17H13N5O5S/c1-26-11-7-5-10(6-8-11)21-13(16(23)27-20-21)9-18-17-19-15-12(22(24)25)3-2-4-14(15)28-17/h2-8H,9H2,1H3,(H-,18,19,20,23). The lowest BCUT2D eigenvalue weighted by atomic mass is 10.3. The van der Waals surface area contributed by atoms with Gasteiger partial charge in [-0.2, -0.15) is 0 Å². The minimum Gasteiger partial charge on any atom is -0.539 e. The van der Waals surface area contributed by atoms with E-state index in [0.717, 1.165) is 0 Å². The van der Waals surface area contributed by atoms with Gasteiger partial charge in [0.05, 0.1) is 22.0 Å². The second-order valence-electron chi connectivity index (χ2n) is 5.67. The highest BCUT2D eigenvalue weighted by atomic mass is 32.1. The lowest BCUT2D eigenvalue weighted by molar-refractivity contribution is -0.677. The van der Waals surface area contributed by atoms with Crippen molar-refractivity contribution >= 4 is 32.4 Å². The highest BCUT2D eigenvalue weighted by molar-refractivity contribution is 7.22. The smallest absolute Gasteiger partial charge is 0.296 e. The zero-order chi connectivity index (χ0) is 19.7. The number of para-hydroxylation sites is 1. The Hall–Kier alpha value is -3.73. The fourth-order valence-electron chi connectivity index (χ4n) is 2.66. The van der Waals surface area contributed by atoms with Crippen LogP contribution in [-0.2, 0) is 6.54 Å². The zero-order valence-electron chi connectivity index (χ0n) is 14.5. The van der Waals surface area contributed by atoms with Crippen LogP contribution >= 0.6 is 11.3 Å². The monoisotopic (exact) mass is 399 g/mol. The predicted octanol–water partition coefficient (Wildman–Crippen LogP) is 2.16. The second kappa shape index (κ2) is 7.12. The van der Waals surface area contributed by atoms with Crippen LogP contribution in [0.25, 0.3) is 15.9 Å². The number of methoxy groups -OCH3 is 1. The summed E-state index contributed by atoms with van der Waals surface area (Å²) < 4.78 is 12.0. The number of anilines is 1. The largest absolute Gasteiger partial charge is 0.539 e. The molecule has 0 bridgehead atoms. The molecule has 0 saturated heterocycles. The van der Waals surface area contributed by atoms with Gasteiger partial charge < -0.3 is 19.7 Å². The van der Waals surface area contributed by atoms with Crippen LogP contribution in [0, 0.1) is 10.1 Å². The molecule has 10 nitrogen and oxygen atoms in total. The molecule has 4 aromatic rings. The highest BCUT2D eigenvalue weighted by Gasteiger charge is 2.21. The van der Waals surface area contributed by atoms with Gasteiger partial charge in [0, 0.05) is 18.2 Å². The van der Waals surface area contributed by atoms with E-state index in [9.17, 15) is 15.2 Å². The number of hydrogen-bond acceptors (Lipinski definition) is 9. The van der Waals surface area contributed by atoms with E-state index >= 15 is 0 Å². The second-order valence-corrected chi connectivity index (χ2v) is 6.70. The molecule has 4 rings (SSSR count). The van der Waals surface area contributed by atoms with Gasteiger partial charge in [-0.05, 0) is 22.9 Å². The summed E-state index contributed by atoms with van der Waals surface area (Å²) in [6.07, 6.45) is 0. The molecule has 2 aromatic carbocycles. The fourth-order valence-corrected chi connectivity index (χ4v) is 3.54. The van der Waals surface area contributed by atoms with Gasteiger partial charge in [0.2, 0.25) is 5.69 Å². The molecular formula is C17H13N5O5S. The number of nitrogens with one attached hydrogen (secondary N) is 1. The minimum atomic E-state index is -0.588. The van der Waals surface area contributed by atoms with E-state index in [1.54, 1.807) is 43.5 Å². The normalized spacial score (nSPS) is 10.9. The first-order valence-electron chi connectivity index (χ1n) is 8.07. The Bertz CT molecular complexity index is 1150. The summed E-state index contributed by atoms with van der Waals surface area (Å²) in [6.45, 7) is 0.0853. The molecule has 0 fully saturated rings. The van der Waals surface area contributed by atoms with Gasteiger partial charge in [-0.1, -0.05) is 17.4 Å². The highest BCUT2D eigenvalue weighted by Crippen LogP contribution is 2.32. The van der Waals surface area contributed by atoms with Crippen molar-refractivity contribution in [1.82, 2.24) is 10.3 Å². The quantitative estimate of drug-likeness (QED) is 0.296. The number of nitrogens with zero attached hydrogens (tertiary/aromatic N) is 4. The summed E-state index contributed by atoms with van der Waals surface area (Å²) in [6, 6.07) is 11.7. The summed E-state index contributed by atoms with van der Waals surface area (Å²) in [5.41, 5.74) is 1.13. The van der Waals surface area contributed by atoms with Gasteiger partial charge >= 0.3 is 0 Å². The Morgan fingerprint density at radius 1 is 1.29 bits per heavy atom. The number of thiazole rings is 1. The Balaban J connectivity index is 1.60. The molecule has 0 amide bonds. The molecule has 0 unspecified atom stereocenters. The molecule has 0 radical (unpaired) electrons. The maximum Gasteiger partial charge on any atom is 0.296 e. The fraction of sp³-hybridized carbons (Fsp3) is 0.118. The maximum atomic E-state index is 12.1. The van der Waals surface area contributed by atoms with Crippen molar-refractivity contribution in [3.05, 3.63) is 58.3 Å². The van der Waals surface area contributed by atoms with Crippen LogP contribution in [0.15, 0.2) is 47.0 Å². The van der Waals surface area contributed by atoms with Crippen molar-refractivity contribution in [3.63, 3.8) is 0 Å². The number of non-ortho nitro benzene ring substituents is 1. The van der Waals surface area contributed by atoms with Gasteiger partial charge in [0.15, 0.2) is 16.6 Å². The van der Waals surface area contributed by atoms with Gasteiger partial charge in [0.25, 0.3) is 11.4 Å². The minimum absolute atomic E-state index is 0.0652. The summed E-state index contributed by atoms with van der Waals surface area (Å²) in [7, 11) is 1.56. The first kappa shape index (κ1) is 17.7. The van der Waals surface area contributed by atoms with Crippen LogP contribution in [0.1, 0.15) is 5.69 Å². The maximum absolute atomic E-state index is 12.1. The predicted molar refractivity (Wildman–Crippen MR) is 97.6 cm³/mol. The van der Waals surface area contributed by atoms with E-state index in [0.29, 0.717) is 26.8 Å². The number of hydrogen-bond donors (Lipinski definition) is 1. The van der Waals surface area contributed by atoms with Crippen LogP contribution in [0.4, 0.5) is 10.8 Å². The number of ether oxygens (including phenoxy) is 1. The first-order valence-corrected chi connectivity index (χ1v) is 8.88. The summed E-state index contributed by atoms with van der Waals surface area (Å²) in [5, 5.41) is 30.4. The number of fused-ring (bicyclic) bond motifs is 1. The molecule has 0 aliphatic rings. The number of benzene rings is 2. The average Bonchev–Trinajstić information content (AvgIpc) is 3.29. The molecule has 2 aromatic heterocycles. The van der Waals surface area contributed by atoms with Crippen molar-refractivity contribution < 1.29 is 24.0 Å². The Morgan fingerprint density at radius 2 is 2.07 bits per heavy atom. The topological polar surface area (TPSA) is 130 Å². The van der Waals surface area contributed by atoms with Crippen LogP contribution in [0.5, 0.6) is 11.7 Å². The van der Waals surface area contributed by atoms with Crippen molar-refractivity contribution in [2.45, 2.75) is 6.54 Å². The van der Waals surface area contributed by atoms with Crippen molar-refractivity contribution in [3.8, 4) is 17.4 Å². The Morgan fingerprint density at radius 3 is 2.79 bits per heavy atom. The molecule has 1 N–H and O–H groups in total. The first-order chi connectivity index (χ1) is 13.6. The third-order valence-corrected chi connectivity index (χ3v) is 4.99. The molecule has 2 heterocycles. The van der Waals surface area contributed by atoms with E-state index in [1.807, 2.05) is 0 Å². The third-order valence-electron chi connectivity index (χ3n) is 4.02. The number of aromatic nitrogens is 3. The number of nitro benzene ring substituents is 1. The van der Waals surface area contributed by atoms with E-state index in [2.05, 4.69) is 15.6 Å². The van der Waals surface area contributed by atoms with Crippen molar-refractivity contribution in [1.29, 1.82) is 0 Å². The van der Waals surface area contributed by atoms with E-state index in [4.69, 9.17) is 9.26 Å². The summed E-state index contributed by atoms with van der Waals surface area (Å²) >= 11 is 1.26. The lowest BCUT2D eigenvalue weighted by Gasteiger charge is -2.01. The Kier molecular flexibility index (Phi) is 4.49. The van der Waals surface area contributed by atoms with E-state index in [1.165, 1.54) is 22.1 Å². The van der Waals surface area contributed by atoms with Crippen molar-refractivity contribution in [2.75, 3.05) is 12.4 Å².